The van der Waals surface area contributed by atoms with Crippen molar-refractivity contribution in [2.75, 3.05) is 0 Å². The van der Waals surface area contributed by atoms with Crippen LogP contribution in [0.1, 0.15) is 127 Å². The van der Waals surface area contributed by atoms with Gasteiger partial charge in [-0.1, -0.05) is 67.0 Å². The Kier molecular flexibility index (Phi) is 5.40. The van der Waals surface area contributed by atoms with Crippen molar-refractivity contribution in [3.05, 3.63) is 11.6 Å². The average Bonchev–Trinajstić information content (AvgIpc) is 2.73. The lowest BCUT2D eigenvalue weighted by Crippen LogP contribution is -2.65. The molecule has 0 heterocycles. The summed E-state index contributed by atoms with van der Waals surface area (Å²) in [6.45, 7) is 22.1. The SMILES string of the molecule is CC(=O)O[C@H]1CCC2C(=CCC3[C@@]2(C)CCC2(C)[C@@H]4CC(C)(C)CC[C@]4(C)CC[C@]32C)C1(C)C. The number of hydrogen-bond donors (Lipinski definition) is 0. The summed E-state index contributed by atoms with van der Waals surface area (Å²) in [4.78, 5) is 11.8. The predicted octanol–water partition coefficient (Wildman–Crippen LogP) is 8.74. The van der Waals surface area contributed by atoms with Crippen LogP contribution in [0, 0.1) is 50.2 Å². The minimum Gasteiger partial charge on any atom is -0.462 e. The highest BCUT2D eigenvalue weighted by Crippen LogP contribution is 2.77. The maximum atomic E-state index is 11.8. The summed E-state index contributed by atoms with van der Waals surface area (Å²) in [5.41, 5.74) is 3.81. The summed E-state index contributed by atoms with van der Waals surface area (Å²) < 4.78 is 5.86. The highest BCUT2D eigenvalue weighted by molar-refractivity contribution is 5.66. The molecule has 0 amide bonds. The number of allylic oxidation sites excluding steroid dienone is 1. The lowest BCUT2D eigenvalue weighted by atomic mass is 9.31. The van der Waals surface area contributed by atoms with Crippen LogP contribution in [0.4, 0.5) is 0 Å². The van der Waals surface area contributed by atoms with Crippen molar-refractivity contribution < 1.29 is 9.53 Å². The van der Waals surface area contributed by atoms with Gasteiger partial charge in [0.1, 0.15) is 6.10 Å². The number of carbonyl (C=O) groups is 1. The van der Waals surface area contributed by atoms with E-state index in [9.17, 15) is 4.79 Å². The highest BCUT2D eigenvalue weighted by Gasteiger charge is 2.69. The molecular formula is C32H52O2. The Bertz CT molecular complexity index is 897. The Morgan fingerprint density at radius 1 is 0.824 bits per heavy atom. The zero-order valence-electron chi connectivity index (χ0n) is 23.8. The van der Waals surface area contributed by atoms with E-state index in [0.29, 0.717) is 33.0 Å². The second-order valence-corrected chi connectivity index (χ2v) is 15.8. The second-order valence-electron chi connectivity index (χ2n) is 15.8. The van der Waals surface area contributed by atoms with Crippen LogP contribution >= 0.6 is 0 Å². The van der Waals surface area contributed by atoms with Crippen molar-refractivity contribution >= 4 is 5.97 Å². The molecule has 3 unspecified atom stereocenters. The topological polar surface area (TPSA) is 26.3 Å². The summed E-state index contributed by atoms with van der Waals surface area (Å²) in [7, 11) is 0. The van der Waals surface area contributed by atoms with Gasteiger partial charge in [-0.05, 0) is 109 Å². The van der Waals surface area contributed by atoms with Crippen LogP contribution in [0.2, 0.25) is 0 Å². The molecule has 0 bridgehead atoms. The number of carbonyl (C=O) groups excluding carboxylic acids is 1. The zero-order chi connectivity index (χ0) is 24.9. The average molecular weight is 469 g/mol. The molecule has 0 saturated heterocycles. The van der Waals surface area contributed by atoms with E-state index in [4.69, 9.17) is 4.74 Å². The monoisotopic (exact) mass is 468 g/mol. The third-order valence-electron chi connectivity index (χ3n) is 13.3. The molecule has 8 atom stereocenters. The van der Waals surface area contributed by atoms with Gasteiger partial charge in [0.2, 0.25) is 0 Å². The van der Waals surface area contributed by atoms with Gasteiger partial charge in [-0.15, -0.1) is 0 Å². The molecule has 0 radical (unpaired) electrons. The molecule has 0 aromatic carbocycles. The Hall–Kier alpha value is -0.790. The van der Waals surface area contributed by atoms with E-state index >= 15 is 0 Å². The van der Waals surface area contributed by atoms with Gasteiger partial charge >= 0.3 is 5.97 Å². The molecule has 192 valence electrons. The van der Waals surface area contributed by atoms with E-state index in [2.05, 4.69) is 61.5 Å². The molecule has 0 aromatic rings. The minimum absolute atomic E-state index is 0.0250. The summed E-state index contributed by atoms with van der Waals surface area (Å²) in [5.74, 6) is 2.14. The Morgan fingerprint density at radius 2 is 1.44 bits per heavy atom. The third-order valence-corrected chi connectivity index (χ3v) is 13.3. The van der Waals surface area contributed by atoms with Crippen molar-refractivity contribution in [2.45, 2.75) is 133 Å². The maximum absolute atomic E-state index is 11.8. The molecule has 5 rings (SSSR count). The first-order valence-electron chi connectivity index (χ1n) is 14.5. The van der Waals surface area contributed by atoms with Gasteiger partial charge in [0.15, 0.2) is 0 Å². The van der Waals surface area contributed by atoms with Crippen LogP contribution in [0.15, 0.2) is 11.6 Å². The van der Waals surface area contributed by atoms with Crippen molar-refractivity contribution in [1.82, 2.24) is 0 Å². The Balaban J connectivity index is 1.52. The van der Waals surface area contributed by atoms with Crippen molar-refractivity contribution in [1.29, 1.82) is 0 Å². The molecule has 4 fully saturated rings. The molecule has 34 heavy (non-hydrogen) atoms. The van der Waals surface area contributed by atoms with Crippen molar-refractivity contribution in [3.63, 3.8) is 0 Å². The first-order chi connectivity index (χ1) is 15.6. The fourth-order valence-corrected chi connectivity index (χ4v) is 10.8. The predicted molar refractivity (Wildman–Crippen MR) is 140 cm³/mol. The largest absolute Gasteiger partial charge is 0.462 e. The molecule has 0 aromatic heterocycles. The van der Waals surface area contributed by atoms with Crippen molar-refractivity contribution in [3.8, 4) is 0 Å². The van der Waals surface area contributed by atoms with Crippen LogP contribution in [0.3, 0.4) is 0 Å². The number of hydrogen-bond acceptors (Lipinski definition) is 2. The summed E-state index contributed by atoms with van der Waals surface area (Å²) in [5, 5.41) is 0. The Morgan fingerprint density at radius 3 is 2.12 bits per heavy atom. The van der Waals surface area contributed by atoms with Gasteiger partial charge in [-0.3, -0.25) is 4.79 Å². The van der Waals surface area contributed by atoms with Crippen LogP contribution in [0.5, 0.6) is 0 Å². The lowest BCUT2D eigenvalue weighted by Gasteiger charge is -2.73. The van der Waals surface area contributed by atoms with Gasteiger partial charge in [0.05, 0.1) is 0 Å². The van der Waals surface area contributed by atoms with Gasteiger partial charge in [0.25, 0.3) is 0 Å². The molecule has 0 aliphatic heterocycles. The van der Waals surface area contributed by atoms with Crippen LogP contribution in [-0.4, -0.2) is 12.1 Å². The molecule has 0 spiro atoms. The second kappa shape index (κ2) is 7.38. The molecule has 2 nitrogen and oxygen atoms in total. The van der Waals surface area contributed by atoms with Gasteiger partial charge in [-0.25, -0.2) is 0 Å². The zero-order valence-corrected chi connectivity index (χ0v) is 23.8. The highest BCUT2D eigenvalue weighted by atomic mass is 16.5. The summed E-state index contributed by atoms with van der Waals surface area (Å²) in [6, 6.07) is 0. The molecule has 5 aliphatic rings. The van der Waals surface area contributed by atoms with Gasteiger partial charge < -0.3 is 4.74 Å². The van der Waals surface area contributed by atoms with E-state index in [1.807, 2.05) is 0 Å². The van der Waals surface area contributed by atoms with E-state index in [1.165, 1.54) is 57.8 Å². The van der Waals surface area contributed by atoms with Gasteiger partial charge in [0, 0.05) is 12.3 Å². The molecular weight excluding hydrogens is 416 g/mol. The van der Waals surface area contributed by atoms with Crippen molar-refractivity contribution in [2.24, 2.45) is 50.2 Å². The van der Waals surface area contributed by atoms with Crippen LogP contribution < -0.4 is 0 Å². The normalized spacial score (nSPS) is 51.1. The molecule has 4 saturated carbocycles. The molecule has 0 N–H and O–H groups in total. The number of esters is 1. The van der Waals surface area contributed by atoms with Gasteiger partial charge in [-0.2, -0.15) is 0 Å². The Labute approximate surface area is 210 Å². The molecule has 2 heteroatoms. The number of ether oxygens (including phenoxy) is 1. The fourth-order valence-electron chi connectivity index (χ4n) is 10.8. The van der Waals surface area contributed by atoms with Crippen LogP contribution in [-0.2, 0) is 9.53 Å². The maximum Gasteiger partial charge on any atom is 0.302 e. The first kappa shape index (κ1) is 24.9. The number of fused-ring (bicyclic) bond motifs is 7. The minimum atomic E-state index is -0.126. The fraction of sp³-hybridized carbons (Fsp3) is 0.906. The standard InChI is InChI=1S/C32H52O2/c1-21(33)34-26-13-11-23-22(28(26,4)5)10-12-24-30(23,7)17-19-32(9)25-20-27(2,3)14-15-29(25,6)16-18-31(24,32)8/h10,23-26H,11-20H2,1-9H3/t23?,24?,25-,26+,29-,30+,31-,32?/m1/s1. The van der Waals surface area contributed by atoms with E-state index in [0.717, 1.165) is 18.3 Å². The summed E-state index contributed by atoms with van der Waals surface area (Å²) >= 11 is 0. The summed E-state index contributed by atoms with van der Waals surface area (Å²) in [6.07, 6.45) is 15.9. The quantitative estimate of drug-likeness (QED) is 0.284. The van der Waals surface area contributed by atoms with E-state index < -0.39 is 0 Å². The first-order valence-corrected chi connectivity index (χ1v) is 14.5. The smallest absolute Gasteiger partial charge is 0.302 e. The van der Waals surface area contributed by atoms with Crippen LogP contribution in [0.25, 0.3) is 0 Å². The third kappa shape index (κ3) is 3.21. The molecule has 5 aliphatic carbocycles. The number of rotatable bonds is 1. The lowest BCUT2D eigenvalue weighted by molar-refractivity contribution is -0.231. The van der Waals surface area contributed by atoms with E-state index in [1.54, 1.807) is 12.5 Å². The van der Waals surface area contributed by atoms with E-state index in [-0.39, 0.29) is 17.5 Å².